The molecule has 5 N–H and O–H groups in total. The molecule has 1 aromatic carbocycles. The molecule has 2 aromatic heterocycles. The maximum atomic E-state index is 12.0. The van der Waals surface area contributed by atoms with Gasteiger partial charge in [-0.1, -0.05) is 12.1 Å². The lowest BCUT2D eigenvalue weighted by atomic mass is 10.2. The van der Waals surface area contributed by atoms with Crippen LogP contribution in [0.2, 0.25) is 0 Å². The average molecular weight is 283 g/mol. The Hall–Kier alpha value is -3.16. The van der Waals surface area contributed by atoms with Crippen LogP contribution < -0.4 is 11.1 Å². The number of rotatable bonds is 3. The van der Waals surface area contributed by atoms with Crippen molar-refractivity contribution in [1.29, 1.82) is 0 Å². The number of hydrogen-bond acceptors (Lipinski definition) is 5. The van der Waals surface area contributed by atoms with Crippen molar-refractivity contribution < 1.29 is 4.79 Å². The van der Waals surface area contributed by atoms with Crippen LogP contribution >= 0.6 is 0 Å². The molecule has 0 fully saturated rings. The predicted octanol–water partition coefficient (Wildman–Crippen LogP) is 1.34. The fourth-order valence-corrected chi connectivity index (χ4v) is 1.86. The highest BCUT2D eigenvalue weighted by Gasteiger charge is 2.10. The van der Waals surface area contributed by atoms with E-state index in [1.54, 1.807) is 12.1 Å². The monoisotopic (exact) mass is 283 g/mol. The molecule has 3 aromatic rings. The first-order chi connectivity index (χ1) is 10.1. The van der Waals surface area contributed by atoms with Crippen molar-refractivity contribution in [3.05, 3.63) is 41.9 Å². The van der Waals surface area contributed by atoms with Crippen LogP contribution in [0.5, 0.6) is 0 Å². The highest BCUT2D eigenvalue weighted by atomic mass is 16.1. The molecule has 8 nitrogen and oxygen atoms in total. The molecule has 0 radical (unpaired) electrons. The summed E-state index contributed by atoms with van der Waals surface area (Å²) < 4.78 is 0. The second-order valence-corrected chi connectivity index (χ2v) is 4.49. The first-order valence-electron chi connectivity index (χ1n) is 6.23. The van der Waals surface area contributed by atoms with Gasteiger partial charge in [0, 0.05) is 17.3 Å². The smallest absolute Gasteiger partial charge is 0.273 e. The summed E-state index contributed by atoms with van der Waals surface area (Å²) in [5.41, 5.74) is 7.21. The normalized spacial score (nSPS) is 10.5. The van der Waals surface area contributed by atoms with Crippen molar-refractivity contribution in [2.24, 2.45) is 0 Å². The molecule has 0 aliphatic heterocycles. The van der Waals surface area contributed by atoms with E-state index in [0.717, 1.165) is 11.4 Å². The molecule has 0 atom stereocenters. The van der Waals surface area contributed by atoms with Crippen molar-refractivity contribution in [3.8, 4) is 11.4 Å². The molecule has 0 saturated carbocycles. The minimum absolute atomic E-state index is 0.269. The Morgan fingerprint density at radius 1 is 1.24 bits per heavy atom. The van der Waals surface area contributed by atoms with Gasteiger partial charge < -0.3 is 11.1 Å². The number of hydrogen-bond donors (Lipinski definition) is 4. The van der Waals surface area contributed by atoms with E-state index in [1.807, 2.05) is 19.1 Å². The number of aromatic nitrogens is 5. The summed E-state index contributed by atoms with van der Waals surface area (Å²) in [6, 6.07) is 8.73. The highest BCUT2D eigenvalue weighted by Crippen LogP contribution is 2.19. The zero-order valence-electron chi connectivity index (χ0n) is 11.2. The molecule has 0 unspecified atom stereocenters. The average Bonchev–Trinajstić information content (AvgIpc) is 3.08. The molecule has 2 heterocycles. The number of aromatic amines is 2. The number of anilines is 2. The molecule has 106 valence electrons. The SMILES string of the molecule is Cc1nc(-c2cccc(NC(=O)c3cc(N)n[nH]3)c2)n[nH]1. The van der Waals surface area contributed by atoms with E-state index in [2.05, 4.69) is 30.7 Å². The molecule has 1 amide bonds. The fourth-order valence-electron chi connectivity index (χ4n) is 1.86. The number of nitrogens with one attached hydrogen (secondary N) is 3. The van der Waals surface area contributed by atoms with Gasteiger partial charge in [-0.2, -0.15) is 10.2 Å². The van der Waals surface area contributed by atoms with Crippen LogP contribution in [0, 0.1) is 6.92 Å². The second-order valence-electron chi connectivity index (χ2n) is 4.49. The van der Waals surface area contributed by atoms with E-state index >= 15 is 0 Å². The van der Waals surface area contributed by atoms with E-state index in [0.29, 0.717) is 17.2 Å². The molecule has 0 aliphatic rings. The van der Waals surface area contributed by atoms with Gasteiger partial charge in [-0.3, -0.25) is 15.0 Å². The third-order valence-electron chi connectivity index (χ3n) is 2.82. The van der Waals surface area contributed by atoms with Crippen molar-refractivity contribution in [2.45, 2.75) is 6.92 Å². The van der Waals surface area contributed by atoms with Gasteiger partial charge in [0.2, 0.25) is 0 Å². The summed E-state index contributed by atoms with van der Waals surface area (Å²) in [6.07, 6.45) is 0. The van der Waals surface area contributed by atoms with Gasteiger partial charge in [0.25, 0.3) is 5.91 Å². The molecule has 0 saturated heterocycles. The number of amides is 1. The van der Waals surface area contributed by atoms with Crippen molar-refractivity contribution in [3.63, 3.8) is 0 Å². The van der Waals surface area contributed by atoms with E-state index in [1.165, 1.54) is 6.07 Å². The van der Waals surface area contributed by atoms with Gasteiger partial charge in [-0.15, -0.1) is 0 Å². The second kappa shape index (κ2) is 5.08. The van der Waals surface area contributed by atoms with Crippen LogP contribution in [0.4, 0.5) is 11.5 Å². The van der Waals surface area contributed by atoms with E-state index in [-0.39, 0.29) is 11.7 Å². The summed E-state index contributed by atoms with van der Waals surface area (Å²) in [7, 11) is 0. The quantitative estimate of drug-likeness (QED) is 0.577. The van der Waals surface area contributed by atoms with Crippen molar-refractivity contribution in [2.75, 3.05) is 11.1 Å². The summed E-state index contributed by atoms with van der Waals surface area (Å²) in [6.45, 7) is 1.82. The van der Waals surface area contributed by atoms with Crippen LogP contribution in [0.25, 0.3) is 11.4 Å². The van der Waals surface area contributed by atoms with E-state index in [9.17, 15) is 4.79 Å². The third-order valence-corrected chi connectivity index (χ3v) is 2.82. The zero-order chi connectivity index (χ0) is 14.8. The minimum Gasteiger partial charge on any atom is -0.382 e. The summed E-state index contributed by atoms with van der Waals surface area (Å²) >= 11 is 0. The lowest BCUT2D eigenvalue weighted by Gasteiger charge is -2.04. The lowest BCUT2D eigenvalue weighted by Crippen LogP contribution is -2.12. The number of aryl methyl sites for hydroxylation is 1. The molecule has 21 heavy (non-hydrogen) atoms. The largest absolute Gasteiger partial charge is 0.382 e. The first kappa shape index (κ1) is 12.9. The Morgan fingerprint density at radius 3 is 2.76 bits per heavy atom. The molecule has 0 aliphatic carbocycles. The van der Waals surface area contributed by atoms with Crippen LogP contribution in [0.3, 0.4) is 0 Å². The Balaban J connectivity index is 1.82. The van der Waals surface area contributed by atoms with Gasteiger partial charge in [-0.05, 0) is 19.1 Å². The van der Waals surface area contributed by atoms with E-state index < -0.39 is 0 Å². The molecule has 0 spiro atoms. The predicted molar refractivity (Wildman–Crippen MR) is 77.5 cm³/mol. The number of H-pyrrole nitrogens is 2. The number of carbonyl (C=O) groups is 1. The maximum Gasteiger partial charge on any atom is 0.273 e. The summed E-state index contributed by atoms with van der Waals surface area (Å²) in [5, 5.41) is 15.9. The first-order valence-corrected chi connectivity index (χ1v) is 6.23. The number of nitrogens with zero attached hydrogens (tertiary/aromatic N) is 3. The Kier molecular flexibility index (Phi) is 3.11. The van der Waals surface area contributed by atoms with E-state index in [4.69, 9.17) is 5.73 Å². The molecular formula is C13H13N7O. The van der Waals surface area contributed by atoms with Crippen LogP contribution in [-0.2, 0) is 0 Å². The third kappa shape index (κ3) is 2.73. The molecule has 0 bridgehead atoms. The summed E-state index contributed by atoms with van der Waals surface area (Å²) in [4.78, 5) is 16.3. The zero-order valence-corrected chi connectivity index (χ0v) is 11.2. The number of benzene rings is 1. The lowest BCUT2D eigenvalue weighted by molar-refractivity contribution is 0.102. The van der Waals surface area contributed by atoms with Crippen LogP contribution in [0.1, 0.15) is 16.3 Å². The fraction of sp³-hybridized carbons (Fsp3) is 0.0769. The van der Waals surface area contributed by atoms with Crippen molar-refractivity contribution in [1.82, 2.24) is 25.4 Å². The Morgan fingerprint density at radius 2 is 2.10 bits per heavy atom. The molecular weight excluding hydrogens is 270 g/mol. The Labute approximate surface area is 119 Å². The number of carbonyl (C=O) groups excluding carboxylic acids is 1. The maximum absolute atomic E-state index is 12.0. The number of nitrogens with two attached hydrogens (primary N) is 1. The van der Waals surface area contributed by atoms with Gasteiger partial charge in [0.1, 0.15) is 17.3 Å². The van der Waals surface area contributed by atoms with Gasteiger partial charge in [-0.25, -0.2) is 4.98 Å². The summed E-state index contributed by atoms with van der Waals surface area (Å²) in [5.74, 6) is 1.26. The Bertz CT molecular complexity index is 789. The van der Waals surface area contributed by atoms with Gasteiger partial charge in [0.15, 0.2) is 5.82 Å². The minimum atomic E-state index is -0.317. The molecule has 3 rings (SSSR count). The van der Waals surface area contributed by atoms with Crippen LogP contribution in [-0.4, -0.2) is 31.3 Å². The van der Waals surface area contributed by atoms with Crippen molar-refractivity contribution >= 4 is 17.4 Å². The highest BCUT2D eigenvalue weighted by molar-refractivity contribution is 6.03. The topological polar surface area (TPSA) is 125 Å². The van der Waals surface area contributed by atoms with Gasteiger partial charge >= 0.3 is 0 Å². The van der Waals surface area contributed by atoms with Crippen LogP contribution in [0.15, 0.2) is 30.3 Å². The van der Waals surface area contributed by atoms with Gasteiger partial charge in [0.05, 0.1) is 0 Å². The molecule has 8 heteroatoms. The standard InChI is InChI=1S/C13H13N7O/c1-7-15-12(20-17-7)8-3-2-4-9(5-8)16-13(21)10-6-11(14)19-18-10/h2-6H,1H3,(H,16,21)(H3,14,18,19)(H,15,17,20). The number of nitrogen functional groups attached to an aromatic ring is 1.